The molecule has 2 rings (SSSR count). The molecule has 0 amide bonds. The maximum atomic E-state index is 6.03. The lowest BCUT2D eigenvalue weighted by molar-refractivity contribution is 0.302. The van der Waals surface area contributed by atoms with Crippen molar-refractivity contribution in [2.45, 2.75) is 38.1 Å². The predicted molar refractivity (Wildman–Crippen MR) is 65.8 cm³/mol. The second kappa shape index (κ2) is 4.33. The van der Waals surface area contributed by atoms with Crippen LogP contribution in [0.2, 0.25) is 0 Å². The van der Waals surface area contributed by atoms with Gasteiger partial charge in [0.15, 0.2) is 0 Å². The Labute approximate surface area is 97.8 Å². The van der Waals surface area contributed by atoms with Crippen molar-refractivity contribution in [2.24, 2.45) is 11.7 Å². The Bertz CT molecular complexity index is 310. The van der Waals surface area contributed by atoms with E-state index in [1.165, 1.54) is 22.2 Å². The van der Waals surface area contributed by atoms with Crippen molar-refractivity contribution in [2.75, 3.05) is 0 Å². The number of hydrogen-bond donors (Lipinski definition) is 1. The fourth-order valence-electron chi connectivity index (χ4n) is 2.29. The summed E-state index contributed by atoms with van der Waals surface area (Å²) >= 11 is 5.48. The summed E-state index contributed by atoms with van der Waals surface area (Å²) < 4.78 is 1.27. The molecular weight excluding hydrogens is 258 g/mol. The molecule has 2 N–H and O–H groups in total. The van der Waals surface area contributed by atoms with E-state index in [0.29, 0.717) is 12.0 Å². The molecule has 0 radical (unpaired) electrons. The van der Waals surface area contributed by atoms with E-state index in [1.807, 2.05) is 11.3 Å². The van der Waals surface area contributed by atoms with Crippen LogP contribution < -0.4 is 5.73 Å². The van der Waals surface area contributed by atoms with Gasteiger partial charge in [-0.25, -0.2) is 0 Å². The molecule has 3 atom stereocenters. The first kappa shape index (κ1) is 10.7. The first-order valence-electron chi connectivity index (χ1n) is 5.17. The van der Waals surface area contributed by atoms with Crippen molar-refractivity contribution in [3.05, 3.63) is 20.8 Å². The minimum Gasteiger partial charge on any atom is -0.328 e. The Morgan fingerprint density at radius 3 is 2.93 bits per heavy atom. The van der Waals surface area contributed by atoms with Crippen molar-refractivity contribution in [1.82, 2.24) is 0 Å². The molecule has 0 aliphatic heterocycles. The van der Waals surface area contributed by atoms with Gasteiger partial charge in [-0.2, -0.15) is 0 Å². The number of thiophene rings is 1. The summed E-state index contributed by atoms with van der Waals surface area (Å²) in [6, 6.07) is 2.55. The molecule has 0 bridgehead atoms. The van der Waals surface area contributed by atoms with Crippen LogP contribution in [-0.4, -0.2) is 6.04 Å². The van der Waals surface area contributed by atoms with Gasteiger partial charge in [0.2, 0.25) is 0 Å². The maximum Gasteiger partial charge on any atom is 0.0317 e. The van der Waals surface area contributed by atoms with E-state index >= 15 is 0 Å². The average Bonchev–Trinajstić information content (AvgIpc) is 2.56. The average molecular weight is 274 g/mol. The summed E-state index contributed by atoms with van der Waals surface area (Å²) in [6.45, 7) is 2.35. The van der Waals surface area contributed by atoms with E-state index in [-0.39, 0.29) is 0 Å². The fraction of sp³-hybridized carbons (Fsp3) is 0.636. The van der Waals surface area contributed by atoms with Crippen molar-refractivity contribution in [1.29, 1.82) is 0 Å². The molecule has 0 saturated heterocycles. The third-order valence-corrected chi connectivity index (χ3v) is 5.22. The Balaban J connectivity index is 2.20. The molecule has 0 aromatic carbocycles. The molecule has 0 spiro atoms. The molecule has 3 heteroatoms. The molecule has 14 heavy (non-hydrogen) atoms. The molecule has 1 fully saturated rings. The third kappa shape index (κ3) is 2.05. The van der Waals surface area contributed by atoms with Gasteiger partial charge < -0.3 is 5.73 Å². The zero-order valence-electron chi connectivity index (χ0n) is 8.37. The lowest BCUT2D eigenvalue weighted by Crippen LogP contribution is -2.30. The van der Waals surface area contributed by atoms with Gasteiger partial charge >= 0.3 is 0 Å². The van der Waals surface area contributed by atoms with Crippen molar-refractivity contribution >= 4 is 27.3 Å². The van der Waals surface area contributed by atoms with Crippen LogP contribution in [0.25, 0.3) is 0 Å². The molecule has 1 nitrogen and oxygen atoms in total. The van der Waals surface area contributed by atoms with Crippen molar-refractivity contribution < 1.29 is 0 Å². The zero-order valence-corrected chi connectivity index (χ0v) is 10.8. The van der Waals surface area contributed by atoms with Crippen LogP contribution in [0.5, 0.6) is 0 Å². The van der Waals surface area contributed by atoms with Gasteiger partial charge in [-0.15, -0.1) is 11.3 Å². The second-order valence-electron chi connectivity index (χ2n) is 4.29. The van der Waals surface area contributed by atoms with Gasteiger partial charge in [-0.05, 0) is 58.5 Å². The van der Waals surface area contributed by atoms with Gasteiger partial charge in [0.1, 0.15) is 0 Å². The summed E-state index contributed by atoms with van der Waals surface area (Å²) in [4.78, 5) is 1.49. The SMILES string of the molecule is CC1CCC(N)CC1c1sccc1Br. The van der Waals surface area contributed by atoms with Crippen molar-refractivity contribution in [3.8, 4) is 0 Å². The van der Waals surface area contributed by atoms with Gasteiger partial charge in [-0.1, -0.05) is 6.92 Å². The summed E-state index contributed by atoms with van der Waals surface area (Å²) in [5, 5.41) is 2.16. The summed E-state index contributed by atoms with van der Waals surface area (Å²) in [5.41, 5.74) is 6.03. The molecule has 1 aromatic rings. The monoisotopic (exact) mass is 273 g/mol. The summed E-state index contributed by atoms with van der Waals surface area (Å²) in [7, 11) is 0. The minimum atomic E-state index is 0.408. The maximum absolute atomic E-state index is 6.03. The lowest BCUT2D eigenvalue weighted by atomic mass is 9.77. The van der Waals surface area contributed by atoms with Crippen LogP contribution >= 0.6 is 27.3 Å². The van der Waals surface area contributed by atoms with E-state index in [9.17, 15) is 0 Å². The summed E-state index contributed by atoms with van der Waals surface area (Å²) in [5.74, 6) is 1.46. The van der Waals surface area contributed by atoms with Gasteiger partial charge in [0, 0.05) is 15.4 Å². The largest absolute Gasteiger partial charge is 0.328 e. The Morgan fingerprint density at radius 2 is 2.29 bits per heavy atom. The molecule has 1 heterocycles. The highest BCUT2D eigenvalue weighted by Crippen LogP contribution is 2.42. The third-order valence-electron chi connectivity index (χ3n) is 3.22. The Morgan fingerprint density at radius 1 is 1.50 bits per heavy atom. The van der Waals surface area contributed by atoms with Crippen LogP contribution in [0.1, 0.15) is 37.0 Å². The standard InChI is InChI=1S/C11H16BrNS/c1-7-2-3-8(13)6-9(7)11-10(12)4-5-14-11/h4-5,7-9H,2-3,6,13H2,1H3. The highest BCUT2D eigenvalue weighted by Gasteiger charge is 2.28. The molecule has 1 saturated carbocycles. The quantitative estimate of drug-likeness (QED) is 0.829. The van der Waals surface area contributed by atoms with Crippen molar-refractivity contribution in [3.63, 3.8) is 0 Å². The van der Waals surface area contributed by atoms with Crippen LogP contribution in [-0.2, 0) is 0 Å². The Hall–Kier alpha value is 0.140. The van der Waals surface area contributed by atoms with Crippen LogP contribution in [0, 0.1) is 5.92 Å². The smallest absolute Gasteiger partial charge is 0.0317 e. The minimum absolute atomic E-state index is 0.408. The van der Waals surface area contributed by atoms with Crippen LogP contribution in [0.3, 0.4) is 0 Å². The second-order valence-corrected chi connectivity index (χ2v) is 6.09. The topological polar surface area (TPSA) is 26.0 Å². The van der Waals surface area contributed by atoms with Crippen LogP contribution in [0.15, 0.2) is 15.9 Å². The summed E-state index contributed by atoms with van der Waals surface area (Å²) in [6.07, 6.45) is 3.62. The van der Waals surface area contributed by atoms with E-state index < -0.39 is 0 Å². The van der Waals surface area contributed by atoms with Gasteiger partial charge in [-0.3, -0.25) is 0 Å². The van der Waals surface area contributed by atoms with Gasteiger partial charge in [0.25, 0.3) is 0 Å². The number of halogens is 1. The van der Waals surface area contributed by atoms with Gasteiger partial charge in [0.05, 0.1) is 0 Å². The molecule has 1 aliphatic carbocycles. The predicted octanol–water partition coefficient (Wildman–Crippen LogP) is 3.74. The van der Waals surface area contributed by atoms with E-state index in [1.54, 1.807) is 0 Å². The highest BCUT2D eigenvalue weighted by molar-refractivity contribution is 9.10. The van der Waals surface area contributed by atoms with E-state index in [2.05, 4.69) is 34.3 Å². The number of hydrogen-bond acceptors (Lipinski definition) is 2. The fourth-order valence-corrected chi connectivity index (χ4v) is 4.21. The first-order chi connectivity index (χ1) is 6.68. The molecule has 78 valence electrons. The normalized spacial score (nSPS) is 33.2. The zero-order chi connectivity index (χ0) is 10.1. The molecule has 1 aromatic heterocycles. The molecule has 3 unspecified atom stereocenters. The van der Waals surface area contributed by atoms with Crippen LogP contribution in [0.4, 0.5) is 0 Å². The number of nitrogens with two attached hydrogens (primary N) is 1. The Kier molecular flexibility index (Phi) is 3.30. The number of rotatable bonds is 1. The molecular formula is C11H16BrNS. The molecule has 1 aliphatic rings. The lowest BCUT2D eigenvalue weighted by Gasteiger charge is -2.32. The van der Waals surface area contributed by atoms with E-state index in [4.69, 9.17) is 5.73 Å². The highest BCUT2D eigenvalue weighted by atomic mass is 79.9. The van der Waals surface area contributed by atoms with E-state index in [0.717, 1.165) is 12.3 Å². The first-order valence-corrected chi connectivity index (χ1v) is 6.84.